The summed E-state index contributed by atoms with van der Waals surface area (Å²) in [6.45, 7) is 8.65. The number of aryl methyl sites for hydroxylation is 1. The molecule has 1 N–H and O–H groups in total. The molecule has 0 aromatic heterocycles. The summed E-state index contributed by atoms with van der Waals surface area (Å²) in [4.78, 5) is 2.51. The summed E-state index contributed by atoms with van der Waals surface area (Å²) in [6, 6.07) is 14.7. The first-order valence-corrected chi connectivity index (χ1v) is 14.3. The van der Waals surface area contributed by atoms with Crippen LogP contribution in [0, 0.1) is 23.2 Å². The SMILES string of the molecule is CC1CCN(CCOc2ccc([C@H]3C[C@]4(C)[C@H](F)CC[C@H]4[C@@H]4CCc5cc(O)ccc5[C@H]43)cc2)CC1. The van der Waals surface area contributed by atoms with Crippen molar-refractivity contribution in [3.05, 3.63) is 59.2 Å². The quantitative estimate of drug-likeness (QED) is 0.485. The maximum Gasteiger partial charge on any atom is 0.119 e. The summed E-state index contributed by atoms with van der Waals surface area (Å²) in [6.07, 6.45) is 6.59. The third-order valence-electron chi connectivity index (χ3n) is 10.5. The van der Waals surface area contributed by atoms with E-state index in [1.165, 1.54) is 42.6 Å². The molecule has 4 aliphatic rings. The van der Waals surface area contributed by atoms with Crippen LogP contribution in [-0.4, -0.2) is 42.4 Å². The van der Waals surface area contributed by atoms with Crippen LogP contribution in [0.2, 0.25) is 0 Å². The average Bonchev–Trinajstić information content (AvgIpc) is 3.19. The molecule has 0 unspecified atom stereocenters. The van der Waals surface area contributed by atoms with Crippen LogP contribution < -0.4 is 4.74 Å². The van der Waals surface area contributed by atoms with Crippen LogP contribution in [0.5, 0.6) is 11.5 Å². The normalized spacial score (nSPS) is 34.6. The van der Waals surface area contributed by atoms with Gasteiger partial charge in [0.15, 0.2) is 0 Å². The van der Waals surface area contributed by atoms with E-state index in [1.54, 1.807) is 0 Å². The summed E-state index contributed by atoms with van der Waals surface area (Å²) in [5.41, 5.74) is 3.74. The number of aromatic hydroxyl groups is 1. The molecular formula is C32H42FNO2. The van der Waals surface area contributed by atoms with Crippen LogP contribution in [0.1, 0.15) is 80.9 Å². The van der Waals surface area contributed by atoms with Crippen molar-refractivity contribution in [3.63, 3.8) is 0 Å². The summed E-state index contributed by atoms with van der Waals surface area (Å²) < 4.78 is 21.5. The number of benzene rings is 2. The van der Waals surface area contributed by atoms with Gasteiger partial charge in [-0.05, 0) is 129 Å². The first kappa shape index (κ1) is 24.3. The topological polar surface area (TPSA) is 32.7 Å². The van der Waals surface area contributed by atoms with Gasteiger partial charge >= 0.3 is 0 Å². The van der Waals surface area contributed by atoms with E-state index < -0.39 is 6.17 Å². The highest BCUT2D eigenvalue weighted by Crippen LogP contribution is 2.65. The highest BCUT2D eigenvalue weighted by molar-refractivity contribution is 5.43. The summed E-state index contributed by atoms with van der Waals surface area (Å²) in [7, 11) is 0. The van der Waals surface area contributed by atoms with Gasteiger partial charge in [0, 0.05) is 12.0 Å². The second-order valence-electron chi connectivity index (χ2n) is 12.5. The number of likely N-dealkylation sites (tertiary alicyclic amines) is 1. The van der Waals surface area contributed by atoms with Gasteiger partial charge in [0.05, 0.1) is 0 Å². The molecule has 6 atom stereocenters. The summed E-state index contributed by atoms with van der Waals surface area (Å²) in [5.74, 6) is 3.79. The van der Waals surface area contributed by atoms with E-state index in [-0.39, 0.29) is 5.41 Å². The molecule has 2 aromatic rings. The van der Waals surface area contributed by atoms with Crippen molar-refractivity contribution in [1.29, 1.82) is 0 Å². The van der Waals surface area contributed by atoms with Crippen molar-refractivity contribution in [1.82, 2.24) is 4.90 Å². The first-order valence-electron chi connectivity index (χ1n) is 14.3. The fourth-order valence-corrected chi connectivity index (χ4v) is 8.35. The zero-order chi connectivity index (χ0) is 24.9. The standard InChI is InChI=1S/C32H42FNO2/c1-21-13-15-34(16-14-21)17-18-36-25-7-3-22(4-8-25)28-20-32(2)29(11-12-30(32)33)27-9-5-23-19-24(35)6-10-26(23)31(27)28/h3-4,6-8,10,19,21,27-31,35H,5,9,11-18,20H2,1-2H3/t27-,28+,29-,30+,31+,32-/m0/s1. The highest BCUT2D eigenvalue weighted by atomic mass is 19.1. The number of piperidine rings is 1. The van der Waals surface area contributed by atoms with Gasteiger partial charge in [-0.2, -0.15) is 0 Å². The molecule has 2 aromatic carbocycles. The van der Waals surface area contributed by atoms with E-state index in [0.717, 1.165) is 50.5 Å². The van der Waals surface area contributed by atoms with E-state index >= 15 is 4.39 Å². The Morgan fingerprint density at radius 2 is 1.81 bits per heavy atom. The molecule has 3 aliphatic carbocycles. The number of halogens is 1. The maximum absolute atomic E-state index is 15.4. The Kier molecular flexibility index (Phi) is 6.52. The van der Waals surface area contributed by atoms with Crippen LogP contribution in [0.4, 0.5) is 4.39 Å². The second kappa shape index (κ2) is 9.67. The Morgan fingerprint density at radius 3 is 2.58 bits per heavy atom. The molecule has 2 saturated carbocycles. The molecule has 6 rings (SSSR count). The minimum Gasteiger partial charge on any atom is -0.508 e. The predicted octanol–water partition coefficient (Wildman–Crippen LogP) is 7.09. The van der Waals surface area contributed by atoms with Gasteiger partial charge in [0.25, 0.3) is 0 Å². The number of ether oxygens (including phenoxy) is 1. The molecule has 1 aliphatic heterocycles. The molecule has 0 bridgehead atoms. The Hall–Kier alpha value is -2.07. The molecule has 0 radical (unpaired) electrons. The molecule has 36 heavy (non-hydrogen) atoms. The van der Waals surface area contributed by atoms with Gasteiger partial charge in [-0.15, -0.1) is 0 Å². The first-order chi connectivity index (χ1) is 17.4. The Balaban J connectivity index is 1.22. The van der Waals surface area contributed by atoms with Crippen molar-refractivity contribution in [2.24, 2.45) is 23.2 Å². The number of phenolic OH excluding ortho intramolecular Hbond substituents is 1. The second-order valence-corrected chi connectivity index (χ2v) is 12.5. The Morgan fingerprint density at radius 1 is 1.03 bits per heavy atom. The van der Waals surface area contributed by atoms with E-state index in [1.807, 2.05) is 12.1 Å². The van der Waals surface area contributed by atoms with Crippen molar-refractivity contribution in [2.45, 2.75) is 76.8 Å². The largest absolute Gasteiger partial charge is 0.508 e. The predicted molar refractivity (Wildman–Crippen MR) is 143 cm³/mol. The number of alkyl halides is 1. The monoisotopic (exact) mass is 491 g/mol. The van der Waals surface area contributed by atoms with Crippen molar-refractivity contribution < 1.29 is 14.2 Å². The molecule has 4 heteroatoms. The van der Waals surface area contributed by atoms with E-state index in [4.69, 9.17) is 4.74 Å². The number of fused-ring (bicyclic) bond motifs is 5. The van der Waals surface area contributed by atoms with Gasteiger partial charge in [-0.1, -0.05) is 32.0 Å². The van der Waals surface area contributed by atoms with Gasteiger partial charge in [-0.3, -0.25) is 4.90 Å². The van der Waals surface area contributed by atoms with Gasteiger partial charge in [0.2, 0.25) is 0 Å². The fraction of sp³-hybridized carbons (Fsp3) is 0.625. The zero-order valence-corrected chi connectivity index (χ0v) is 22.0. The average molecular weight is 492 g/mol. The summed E-state index contributed by atoms with van der Waals surface area (Å²) in [5, 5.41) is 10.1. The summed E-state index contributed by atoms with van der Waals surface area (Å²) >= 11 is 0. The van der Waals surface area contributed by atoms with Crippen molar-refractivity contribution in [2.75, 3.05) is 26.2 Å². The lowest BCUT2D eigenvalue weighted by molar-refractivity contribution is 0.00138. The third kappa shape index (κ3) is 4.34. The van der Waals surface area contributed by atoms with Gasteiger partial charge in [0.1, 0.15) is 24.3 Å². The smallest absolute Gasteiger partial charge is 0.119 e. The molecule has 1 heterocycles. The van der Waals surface area contributed by atoms with Crippen LogP contribution >= 0.6 is 0 Å². The third-order valence-corrected chi connectivity index (χ3v) is 10.5. The Bertz CT molecular complexity index is 1060. The fourth-order valence-electron chi connectivity index (χ4n) is 8.35. The van der Waals surface area contributed by atoms with E-state index in [0.29, 0.717) is 35.8 Å². The van der Waals surface area contributed by atoms with Crippen LogP contribution in [0.15, 0.2) is 42.5 Å². The Labute approximate surface area is 216 Å². The molecule has 3 nitrogen and oxygen atoms in total. The number of rotatable bonds is 5. The van der Waals surface area contributed by atoms with E-state index in [9.17, 15) is 5.11 Å². The maximum atomic E-state index is 15.4. The minimum absolute atomic E-state index is 0.235. The lowest BCUT2D eigenvalue weighted by Gasteiger charge is -2.53. The highest BCUT2D eigenvalue weighted by Gasteiger charge is 2.58. The molecule has 1 saturated heterocycles. The molecule has 0 spiro atoms. The van der Waals surface area contributed by atoms with Crippen molar-refractivity contribution >= 4 is 0 Å². The minimum atomic E-state index is -0.701. The van der Waals surface area contributed by atoms with Gasteiger partial charge < -0.3 is 9.84 Å². The number of hydrogen-bond donors (Lipinski definition) is 1. The molecule has 0 amide bonds. The number of hydrogen-bond acceptors (Lipinski definition) is 3. The van der Waals surface area contributed by atoms with Crippen LogP contribution in [-0.2, 0) is 6.42 Å². The number of phenols is 1. The van der Waals surface area contributed by atoms with E-state index in [2.05, 4.69) is 49.1 Å². The van der Waals surface area contributed by atoms with Crippen molar-refractivity contribution in [3.8, 4) is 11.5 Å². The van der Waals surface area contributed by atoms with Gasteiger partial charge in [-0.25, -0.2) is 4.39 Å². The number of nitrogens with zero attached hydrogens (tertiary/aromatic N) is 1. The molecular weight excluding hydrogens is 449 g/mol. The lowest BCUT2D eigenvalue weighted by atomic mass is 9.51. The molecule has 194 valence electrons. The lowest BCUT2D eigenvalue weighted by Crippen LogP contribution is -2.46. The van der Waals surface area contributed by atoms with Crippen LogP contribution in [0.3, 0.4) is 0 Å². The van der Waals surface area contributed by atoms with Crippen LogP contribution in [0.25, 0.3) is 0 Å². The zero-order valence-electron chi connectivity index (χ0n) is 22.0. The molecule has 3 fully saturated rings.